The van der Waals surface area contributed by atoms with Gasteiger partial charge >= 0.3 is 5.97 Å². The van der Waals surface area contributed by atoms with Gasteiger partial charge in [0, 0.05) is 5.69 Å². The van der Waals surface area contributed by atoms with Gasteiger partial charge in [-0.1, -0.05) is 0 Å². The molecule has 18 heavy (non-hydrogen) atoms. The molecule has 1 amide bonds. The molecule has 2 N–H and O–H groups in total. The first-order valence-corrected chi connectivity index (χ1v) is 5.26. The molecule has 0 spiro atoms. The van der Waals surface area contributed by atoms with E-state index in [1.807, 2.05) is 0 Å². The van der Waals surface area contributed by atoms with Gasteiger partial charge in [-0.05, 0) is 24.3 Å². The Hall–Kier alpha value is -2.50. The molecule has 0 saturated carbocycles. The predicted molar refractivity (Wildman–Crippen MR) is 62.0 cm³/mol. The van der Waals surface area contributed by atoms with Crippen molar-refractivity contribution in [3.05, 3.63) is 41.9 Å². The summed E-state index contributed by atoms with van der Waals surface area (Å²) >= 11 is 0. The van der Waals surface area contributed by atoms with E-state index in [0.717, 1.165) is 0 Å². The van der Waals surface area contributed by atoms with Crippen LogP contribution in [0.2, 0.25) is 0 Å². The highest BCUT2D eigenvalue weighted by Crippen LogP contribution is 2.12. The molecule has 0 bridgehead atoms. The van der Waals surface area contributed by atoms with Crippen molar-refractivity contribution in [1.29, 1.82) is 0 Å². The molecular formula is C12H11NO5. The number of rotatable bonds is 3. The molecule has 0 aliphatic carbocycles. The topological polar surface area (TPSA) is 84.9 Å². The van der Waals surface area contributed by atoms with Gasteiger partial charge in [0.1, 0.15) is 19.5 Å². The lowest BCUT2D eigenvalue weighted by Crippen LogP contribution is -2.21. The molecule has 1 aliphatic rings. The zero-order valence-corrected chi connectivity index (χ0v) is 9.38. The van der Waals surface area contributed by atoms with E-state index in [2.05, 4.69) is 5.32 Å². The lowest BCUT2D eigenvalue weighted by atomic mass is 10.2. The third kappa shape index (κ3) is 2.79. The first kappa shape index (κ1) is 12.0. The second kappa shape index (κ2) is 5.22. The summed E-state index contributed by atoms with van der Waals surface area (Å²) in [5.74, 6) is -1.35. The zero-order valence-electron chi connectivity index (χ0n) is 9.38. The van der Waals surface area contributed by atoms with Crippen molar-refractivity contribution in [1.82, 2.24) is 0 Å². The van der Waals surface area contributed by atoms with E-state index in [4.69, 9.17) is 14.6 Å². The third-order valence-electron chi connectivity index (χ3n) is 2.26. The summed E-state index contributed by atoms with van der Waals surface area (Å²) in [5, 5.41) is 11.3. The molecule has 1 aromatic rings. The lowest BCUT2D eigenvalue weighted by molar-refractivity contribution is -0.117. The molecule has 1 aliphatic heterocycles. The fourth-order valence-electron chi connectivity index (χ4n) is 1.38. The fraction of sp³-hybridized carbons (Fsp3) is 0.167. The van der Waals surface area contributed by atoms with Crippen molar-refractivity contribution in [3.8, 4) is 0 Å². The van der Waals surface area contributed by atoms with E-state index < -0.39 is 11.9 Å². The number of carbonyl (C=O) groups is 2. The van der Waals surface area contributed by atoms with Gasteiger partial charge in [-0.15, -0.1) is 0 Å². The Morgan fingerprint density at radius 2 is 1.89 bits per heavy atom. The molecule has 0 atom stereocenters. The van der Waals surface area contributed by atoms with E-state index in [1.54, 1.807) is 0 Å². The average Bonchev–Trinajstić information content (AvgIpc) is 2.40. The second-order valence-corrected chi connectivity index (χ2v) is 3.54. The highest BCUT2D eigenvalue weighted by Gasteiger charge is 2.15. The Labute approximate surface area is 103 Å². The minimum Gasteiger partial charge on any atom is -0.494 e. The van der Waals surface area contributed by atoms with Crippen LogP contribution in [-0.2, 0) is 14.3 Å². The molecule has 6 nitrogen and oxygen atoms in total. The van der Waals surface area contributed by atoms with E-state index >= 15 is 0 Å². The van der Waals surface area contributed by atoms with Crippen LogP contribution < -0.4 is 5.32 Å². The van der Waals surface area contributed by atoms with Crippen molar-refractivity contribution >= 4 is 17.6 Å². The summed E-state index contributed by atoms with van der Waals surface area (Å²) in [5.41, 5.74) is 0.643. The van der Waals surface area contributed by atoms with E-state index in [0.29, 0.717) is 18.9 Å². The lowest BCUT2D eigenvalue weighted by Gasteiger charge is -2.15. The number of anilines is 1. The summed E-state index contributed by atoms with van der Waals surface area (Å²) in [4.78, 5) is 22.3. The number of carboxylic acids is 1. The Morgan fingerprint density at radius 3 is 2.44 bits per heavy atom. The Kier molecular flexibility index (Phi) is 3.47. The highest BCUT2D eigenvalue weighted by atomic mass is 16.6. The fourth-order valence-corrected chi connectivity index (χ4v) is 1.38. The van der Waals surface area contributed by atoms with Crippen LogP contribution in [0, 0.1) is 0 Å². The van der Waals surface area contributed by atoms with E-state index in [-0.39, 0.29) is 11.3 Å². The van der Waals surface area contributed by atoms with Crippen LogP contribution in [0.25, 0.3) is 0 Å². The van der Waals surface area contributed by atoms with Crippen LogP contribution in [-0.4, -0.2) is 30.2 Å². The average molecular weight is 249 g/mol. The minimum atomic E-state index is -1.01. The van der Waals surface area contributed by atoms with Crippen LogP contribution in [0.4, 0.5) is 5.69 Å². The summed E-state index contributed by atoms with van der Waals surface area (Å²) in [6, 6.07) is 5.83. The molecular weight excluding hydrogens is 238 g/mol. The largest absolute Gasteiger partial charge is 0.494 e. The number of nitrogens with one attached hydrogen (secondary N) is 1. The number of carbonyl (C=O) groups excluding carboxylic acids is 1. The van der Waals surface area contributed by atoms with Crippen LogP contribution in [0.3, 0.4) is 0 Å². The molecule has 1 heterocycles. The van der Waals surface area contributed by atoms with Gasteiger partial charge in [0.15, 0.2) is 0 Å². The van der Waals surface area contributed by atoms with Gasteiger partial charge in [-0.2, -0.15) is 0 Å². The third-order valence-corrected chi connectivity index (χ3v) is 2.26. The van der Waals surface area contributed by atoms with Crippen molar-refractivity contribution < 1.29 is 24.2 Å². The molecule has 0 aromatic heterocycles. The number of amides is 1. The van der Waals surface area contributed by atoms with Crippen molar-refractivity contribution in [2.45, 2.75) is 0 Å². The van der Waals surface area contributed by atoms with Gasteiger partial charge in [0.05, 0.1) is 5.56 Å². The molecule has 1 aromatic carbocycles. The summed E-state index contributed by atoms with van der Waals surface area (Å²) < 4.78 is 10.1. The first-order valence-electron chi connectivity index (χ1n) is 5.26. The molecule has 94 valence electrons. The maximum absolute atomic E-state index is 11.7. The van der Waals surface area contributed by atoms with Crippen molar-refractivity contribution in [2.24, 2.45) is 0 Å². The van der Waals surface area contributed by atoms with Crippen LogP contribution in [0.5, 0.6) is 0 Å². The number of ether oxygens (including phenoxy) is 2. The molecule has 0 saturated heterocycles. The van der Waals surface area contributed by atoms with Gasteiger partial charge in [0.25, 0.3) is 5.91 Å². The normalized spacial score (nSPS) is 13.9. The predicted octanol–water partition coefficient (Wildman–Crippen LogP) is 1.21. The number of carboxylic acid groups (broad SMARTS) is 1. The van der Waals surface area contributed by atoms with E-state index in [9.17, 15) is 9.59 Å². The standard InChI is InChI=1S/C12H11NO5/c14-11(10-7-17-5-6-18-10)13-9-3-1-8(2-4-9)12(15)16/h1-4,7H,5-6H2,(H,13,14)(H,15,16). The molecule has 2 rings (SSSR count). The van der Waals surface area contributed by atoms with Gasteiger partial charge in [0.2, 0.25) is 5.76 Å². The maximum atomic E-state index is 11.7. The van der Waals surface area contributed by atoms with Crippen molar-refractivity contribution in [2.75, 3.05) is 18.5 Å². The van der Waals surface area contributed by atoms with Crippen molar-refractivity contribution in [3.63, 3.8) is 0 Å². The number of aromatic carboxylic acids is 1. The summed E-state index contributed by atoms with van der Waals surface area (Å²) in [6.07, 6.45) is 1.25. The monoisotopic (exact) mass is 249 g/mol. The smallest absolute Gasteiger partial charge is 0.335 e. The SMILES string of the molecule is O=C(Nc1ccc(C(=O)O)cc1)C1=COCCO1. The first-order chi connectivity index (χ1) is 8.66. The minimum absolute atomic E-state index is 0.101. The second-order valence-electron chi connectivity index (χ2n) is 3.54. The number of hydrogen-bond acceptors (Lipinski definition) is 4. The van der Waals surface area contributed by atoms with Crippen LogP contribution >= 0.6 is 0 Å². The number of benzene rings is 1. The highest BCUT2D eigenvalue weighted by molar-refractivity contribution is 6.02. The van der Waals surface area contributed by atoms with Gasteiger partial charge in [-0.25, -0.2) is 4.79 Å². The van der Waals surface area contributed by atoms with E-state index in [1.165, 1.54) is 30.5 Å². The van der Waals surface area contributed by atoms with Crippen LogP contribution in [0.15, 0.2) is 36.3 Å². The quantitative estimate of drug-likeness (QED) is 0.841. The van der Waals surface area contributed by atoms with Gasteiger partial charge < -0.3 is 19.9 Å². The van der Waals surface area contributed by atoms with Gasteiger partial charge in [-0.3, -0.25) is 4.79 Å². The van der Waals surface area contributed by atoms with Crippen LogP contribution in [0.1, 0.15) is 10.4 Å². The Bertz CT molecular complexity index is 492. The molecule has 0 unspecified atom stereocenters. The Balaban J connectivity index is 2.02. The summed E-state index contributed by atoms with van der Waals surface area (Å²) in [7, 11) is 0. The Morgan fingerprint density at radius 1 is 1.17 bits per heavy atom. The zero-order chi connectivity index (χ0) is 13.0. The molecule has 0 radical (unpaired) electrons. The summed E-state index contributed by atoms with van der Waals surface area (Å²) in [6.45, 7) is 0.751. The number of hydrogen-bond donors (Lipinski definition) is 2. The maximum Gasteiger partial charge on any atom is 0.335 e. The molecule has 6 heteroatoms. The molecule has 0 fully saturated rings.